The van der Waals surface area contributed by atoms with Gasteiger partial charge >= 0.3 is 5.97 Å². The van der Waals surface area contributed by atoms with E-state index in [2.05, 4.69) is 10.4 Å². The largest absolute Gasteiger partial charge is 0.469 e. The number of methoxy groups -OCH3 is 1. The molecule has 0 saturated carbocycles. The summed E-state index contributed by atoms with van der Waals surface area (Å²) in [5, 5.41) is 1.55. The second-order valence-corrected chi connectivity index (χ2v) is 6.49. The first-order valence-corrected chi connectivity index (χ1v) is 8.58. The topological polar surface area (TPSA) is 74.8 Å². The summed E-state index contributed by atoms with van der Waals surface area (Å²) < 4.78 is 5.00. The highest BCUT2D eigenvalue weighted by molar-refractivity contribution is 5.98. The molecule has 2 aliphatic heterocycles. The smallest absolute Gasteiger partial charge is 0.312 e. The number of fused-ring (bicyclic) bond motifs is 1. The van der Waals surface area contributed by atoms with E-state index in [0.29, 0.717) is 13.1 Å². The number of hydrogen-bond donors (Lipinski definition) is 1. The maximum Gasteiger partial charge on any atom is 0.312 e. The number of benzene rings is 1. The van der Waals surface area contributed by atoms with Crippen molar-refractivity contribution in [1.29, 1.82) is 0 Å². The lowest BCUT2D eigenvalue weighted by atomic mass is 9.84. The average molecular weight is 352 g/mol. The molecule has 1 aromatic carbocycles. The Morgan fingerprint density at radius 2 is 1.92 bits per heavy atom. The molecule has 2 aromatic rings. The molecule has 26 heavy (non-hydrogen) atoms. The number of ether oxygens (including phenoxy) is 1. The number of piperidine rings is 1. The zero-order valence-electron chi connectivity index (χ0n) is 14.4. The maximum atomic E-state index is 13.0. The van der Waals surface area contributed by atoms with Gasteiger partial charge in [0.05, 0.1) is 30.7 Å². The summed E-state index contributed by atoms with van der Waals surface area (Å²) in [4.78, 5) is 31.8. The number of carbonyl (C=O) groups is 2. The summed E-state index contributed by atoms with van der Waals surface area (Å²) in [5.41, 5.74) is 4.00. The summed E-state index contributed by atoms with van der Waals surface area (Å²) in [7, 11) is 1.38. The van der Waals surface area contributed by atoms with Crippen LogP contribution in [0.3, 0.4) is 0 Å². The molecule has 1 aromatic heterocycles. The van der Waals surface area contributed by atoms with Crippen LogP contribution in [0.4, 0.5) is 11.5 Å². The quantitative estimate of drug-likeness (QED) is 0.838. The Morgan fingerprint density at radius 3 is 2.62 bits per heavy atom. The van der Waals surface area contributed by atoms with Crippen molar-refractivity contribution in [3.63, 3.8) is 0 Å². The first-order chi connectivity index (χ1) is 12.7. The molecule has 0 aliphatic carbocycles. The van der Waals surface area contributed by atoms with Gasteiger partial charge in [-0.3, -0.25) is 9.59 Å². The lowest BCUT2D eigenvalue weighted by Gasteiger charge is -2.38. The van der Waals surface area contributed by atoms with Crippen molar-refractivity contribution in [2.45, 2.75) is 6.04 Å². The number of esters is 1. The maximum absolute atomic E-state index is 13.0. The van der Waals surface area contributed by atoms with E-state index in [1.807, 2.05) is 53.4 Å². The summed E-state index contributed by atoms with van der Waals surface area (Å²) >= 11 is 0. The van der Waals surface area contributed by atoms with Gasteiger partial charge in [0.1, 0.15) is 5.82 Å². The van der Waals surface area contributed by atoms with Crippen LogP contribution in [0.5, 0.6) is 0 Å². The molecule has 0 spiro atoms. The third-order valence-corrected chi connectivity index (χ3v) is 5.01. The molecule has 3 heterocycles. The highest BCUT2D eigenvalue weighted by atomic mass is 16.5. The number of para-hydroxylation sites is 1. The minimum absolute atomic E-state index is 0.0456. The molecule has 134 valence electrons. The summed E-state index contributed by atoms with van der Waals surface area (Å²) in [6.07, 6.45) is 1.71. The van der Waals surface area contributed by atoms with Crippen molar-refractivity contribution in [3.05, 3.63) is 54.7 Å². The minimum Gasteiger partial charge on any atom is -0.469 e. The molecular formula is C19H20N4O3. The lowest BCUT2D eigenvalue weighted by molar-refractivity contribution is -0.147. The first kappa shape index (κ1) is 16.5. The van der Waals surface area contributed by atoms with E-state index in [1.165, 1.54) is 7.11 Å². The zero-order chi connectivity index (χ0) is 18.1. The van der Waals surface area contributed by atoms with Gasteiger partial charge in [-0.2, -0.15) is 0 Å². The summed E-state index contributed by atoms with van der Waals surface area (Å²) in [6, 6.07) is 14.7. The van der Waals surface area contributed by atoms with Crippen molar-refractivity contribution in [1.82, 2.24) is 10.4 Å². The van der Waals surface area contributed by atoms with Crippen molar-refractivity contribution in [3.8, 4) is 0 Å². The molecule has 3 unspecified atom stereocenters. The van der Waals surface area contributed by atoms with Gasteiger partial charge in [-0.25, -0.2) is 15.4 Å². The molecule has 2 saturated heterocycles. The Bertz CT molecular complexity index is 799. The summed E-state index contributed by atoms with van der Waals surface area (Å²) in [5.74, 6) is -0.425. The highest BCUT2D eigenvalue weighted by Gasteiger charge is 2.51. The Balaban J connectivity index is 1.66. The van der Waals surface area contributed by atoms with Gasteiger partial charge in [0.15, 0.2) is 0 Å². The molecule has 0 radical (unpaired) electrons. The number of carbonyl (C=O) groups excluding carboxylic acids is 2. The van der Waals surface area contributed by atoms with Crippen molar-refractivity contribution in [2.75, 3.05) is 30.1 Å². The van der Waals surface area contributed by atoms with Crippen LogP contribution in [-0.4, -0.2) is 43.1 Å². The van der Waals surface area contributed by atoms with E-state index in [0.717, 1.165) is 11.5 Å². The Hall–Kier alpha value is -2.93. The second-order valence-electron chi connectivity index (χ2n) is 6.49. The number of anilines is 2. The Kier molecular flexibility index (Phi) is 4.30. The number of nitrogens with one attached hydrogen (secondary N) is 1. The summed E-state index contributed by atoms with van der Waals surface area (Å²) in [6.45, 7) is 0.956. The molecule has 4 rings (SSSR count). The second kappa shape index (κ2) is 6.76. The van der Waals surface area contributed by atoms with Gasteiger partial charge in [0.25, 0.3) is 0 Å². The molecule has 0 bridgehead atoms. The van der Waals surface area contributed by atoms with Crippen LogP contribution in [0, 0.1) is 11.8 Å². The molecule has 7 heteroatoms. The van der Waals surface area contributed by atoms with Crippen molar-refractivity contribution >= 4 is 23.4 Å². The average Bonchev–Trinajstić information content (AvgIpc) is 3.04. The number of pyridine rings is 1. The normalized spacial score (nSPS) is 25.1. The SMILES string of the molecule is COC(=O)C1CN(c2ccccn2)CC2C(=O)N(c3ccccc3)NC12. The first-order valence-electron chi connectivity index (χ1n) is 8.58. The van der Waals surface area contributed by atoms with Gasteiger partial charge in [-0.1, -0.05) is 24.3 Å². The van der Waals surface area contributed by atoms with Crippen molar-refractivity contribution < 1.29 is 14.3 Å². The highest BCUT2D eigenvalue weighted by Crippen LogP contribution is 2.33. The predicted octanol–water partition coefficient (Wildman–Crippen LogP) is 1.23. The lowest BCUT2D eigenvalue weighted by Crippen LogP contribution is -2.55. The van der Waals surface area contributed by atoms with Gasteiger partial charge in [-0.15, -0.1) is 0 Å². The number of hydrogen-bond acceptors (Lipinski definition) is 6. The van der Waals surface area contributed by atoms with Crippen LogP contribution >= 0.6 is 0 Å². The molecular weight excluding hydrogens is 332 g/mol. The third kappa shape index (κ3) is 2.80. The van der Waals surface area contributed by atoms with Crippen LogP contribution in [0.2, 0.25) is 0 Å². The fourth-order valence-corrected chi connectivity index (χ4v) is 3.73. The third-order valence-electron chi connectivity index (χ3n) is 5.01. The molecule has 2 aliphatic rings. The Morgan fingerprint density at radius 1 is 1.15 bits per heavy atom. The Labute approximate surface area is 151 Å². The van der Waals surface area contributed by atoms with Crippen LogP contribution in [0.1, 0.15) is 0 Å². The zero-order valence-corrected chi connectivity index (χ0v) is 14.4. The molecule has 1 N–H and O–H groups in total. The fraction of sp³-hybridized carbons (Fsp3) is 0.316. The van der Waals surface area contributed by atoms with E-state index in [-0.39, 0.29) is 23.8 Å². The van der Waals surface area contributed by atoms with E-state index < -0.39 is 5.92 Å². The molecule has 3 atom stereocenters. The van der Waals surface area contributed by atoms with E-state index >= 15 is 0 Å². The van der Waals surface area contributed by atoms with E-state index in [4.69, 9.17) is 4.74 Å². The molecule has 1 amide bonds. The van der Waals surface area contributed by atoms with E-state index in [1.54, 1.807) is 11.2 Å². The monoisotopic (exact) mass is 352 g/mol. The number of rotatable bonds is 3. The van der Waals surface area contributed by atoms with Crippen molar-refractivity contribution in [2.24, 2.45) is 11.8 Å². The van der Waals surface area contributed by atoms with Gasteiger partial charge in [0.2, 0.25) is 5.91 Å². The van der Waals surface area contributed by atoms with E-state index in [9.17, 15) is 9.59 Å². The standard InChI is InChI=1S/C19H20N4O3/c1-26-19(25)15-12-22(16-9-5-6-10-20-16)11-14-17(15)21-23(18(14)24)13-7-3-2-4-8-13/h2-10,14-15,17,21H,11-12H2,1H3. The number of aromatic nitrogens is 1. The molecule has 2 fully saturated rings. The molecule has 7 nitrogen and oxygen atoms in total. The predicted molar refractivity (Wildman–Crippen MR) is 96.3 cm³/mol. The van der Waals surface area contributed by atoms with Gasteiger partial charge in [0, 0.05) is 19.3 Å². The minimum atomic E-state index is -0.460. The van der Waals surface area contributed by atoms with Crippen LogP contribution in [0.15, 0.2) is 54.7 Å². The van der Waals surface area contributed by atoms with Crippen LogP contribution in [-0.2, 0) is 14.3 Å². The van der Waals surface area contributed by atoms with Crippen LogP contribution in [0.25, 0.3) is 0 Å². The number of amides is 1. The number of hydrazine groups is 1. The van der Waals surface area contributed by atoms with Gasteiger partial charge < -0.3 is 9.64 Å². The van der Waals surface area contributed by atoms with Gasteiger partial charge in [-0.05, 0) is 24.3 Å². The fourth-order valence-electron chi connectivity index (χ4n) is 3.73. The number of nitrogens with zero attached hydrogens (tertiary/aromatic N) is 3. The van der Waals surface area contributed by atoms with Crippen LogP contribution < -0.4 is 15.3 Å².